The number of H-pyrrole nitrogens is 1. The maximum absolute atomic E-state index is 12.4. The van der Waals surface area contributed by atoms with Crippen LogP contribution < -0.4 is 0 Å². The van der Waals surface area contributed by atoms with Gasteiger partial charge in [-0.25, -0.2) is 4.98 Å². The molecule has 160 valence electrons. The fourth-order valence-electron chi connectivity index (χ4n) is 4.42. The van der Waals surface area contributed by atoms with Gasteiger partial charge in [-0.1, -0.05) is 30.3 Å². The lowest BCUT2D eigenvalue weighted by atomic mass is 9.99. The van der Waals surface area contributed by atoms with E-state index in [9.17, 15) is 9.90 Å². The van der Waals surface area contributed by atoms with Crippen LogP contribution in [-0.2, 0) is 11.2 Å². The molecule has 0 spiro atoms. The predicted molar refractivity (Wildman–Crippen MR) is 117 cm³/mol. The second-order valence-corrected chi connectivity index (χ2v) is 8.16. The molecule has 7 nitrogen and oxygen atoms in total. The quantitative estimate of drug-likeness (QED) is 0.703. The normalized spacial score (nSPS) is 23.8. The minimum absolute atomic E-state index is 0.0622. The average molecular weight is 410 g/mol. The molecule has 3 heterocycles. The Bertz CT molecular complexity index is 815. The number of piperidine rings is 1. The predicted octanol–water partition coefficient (Wildman–Crippen LogP) is 1.24. The number of nitrogens with zero attached hydrogens (tertiary/aromatic N) is 4. The van der Waals surface area contributed by atoms with Crippen LogP contribution in [0.4, 0.5) is 0 Å². The summed E-state index contributed by atoms with van der Waals surface area (Å²) in [5, 5.41) is 10.7. The fourth-order valence-corrected chi connectivity index (χ4v) is 4.42. The number of aliphatic hydroxyl groups is 1. The second kappa shape index (κ2) is 10.0. The summed E-state index contributed by atoms with van der Waals surface area (Å²) in [5.41, 5.74) is 2.18. The highest BCUT2D eigenvalue weighted by Crippen LogP contribution is 2.19. The molecule has 7 heteroatoms. The number of amides is 1. The lowest BCUT2D eigenvalue weighted by Gasteiger charge is -2.45. The van der Waals surface area contributed by atoms with Gasteiger partial charge in [-0.2, -0.15) is 0 Å². The highest BCUT2D eigenvalue weighted by molar-refractivity contribution is 5.91. The third kappa shape index (κ3) is 5.36. The number of benzene rings is 1. The highest BCUT2D eigenvalue weighted by atomic mass is 16.3. The van der Waals surface area contributed by atoms with Crippen LogP contribution in [0.3, 0.4) is 0 Å². The van der Waals surface area contributed by atoms with Gasteiger partial charge in [-0.15, -0.1) is 0 Å². The monoisotopic (exact) mass is 409 g/mol. The van der Waals surface area contributed by atoms with E-state index in [0.29, 0.717) is 13.1 Å². The molecule has 2 N–H and O–H groups in total. The van der Waals surface area contributed by atoms with E-state index < -0.39 is 6.10 Å². The summed E-state index contributed by atoms with van der Waals surface area (Å²) < 4.78 is 0. The summed E-state index contributed by atoms with van der Waals surface area (Å²) in [6, 6.07) is 10.8. The molecule has 2 atom stereocenters. The fraction of sp³-hybridized carbons (Fsp3) is 0.478. The van der Waals surface area contributed by atoms with Crippen molar-refractivity contribution in [3.8, 4) is 0 Å². The number of aliphatic hydroxyl groups excluding tert-OH is 1. The molecule has 30 heavy (non-hydrogen) atoms. The molecule has 1 amide bonds. The first kappa shape index (κ1) is 20.8. The van der Waals surface area contributed by atoms with Gasteiger partial charge in [0, 0.05) is 57.9 Å². The Morgan fingerprint density at radius 1 is 1.17 bits per heavy atom. The number of β-amino-alcohol motifs (C(OH)–C–C–N with tert-alkyl or cyclic N) is 1. The van der Waals surface area contributed by atoms with Crippen molar-refractivity contribution in [2.75, 3.05) is 45.8 Å². The van der Waals surface area contributed by atoms with E-state index in [2.05, 4.69) is 50.1 Å². The molecule has 1 aromatic carbocycles. The standard InChI is InChI=1S/C23H31N5O2/c29-22-17-28(23(30)7-6-20-16-24-18-25-20)11-9-21(22)27-14-12-26(13-15-27)10-8-19-4-2-1-3-5-19/h1-7,16,18,21-22,29H,8-15,17H2,(H,24,25)/b7-6+/t21-,22-/m1/s1. The molecule has 0 aliphatic carbocycles. The number of aromatic nitrogens is 2. The Kier molecular flexibility index (Phi) is 6.94. The number of carbonyl (C=O) groups is 1. The van der Waals surface area contributed by atoms with E-state index in [1.807, 2.05) is 0 Å². The molecular formula is C23H31N5O2. The molecule has 2 fully saturated rings. The van der Waals surface area contributed by atoms with E-state index in [1.54, 1.807) is 29.6 Å². The number of aromatic amines is 1. The first-order chi connectivity index (χ1) is 14.7. The second-order valence-electron chi connectivity index (χ2n) is 8.16. The minimum Gasteiger partial charge on any atom is -0.390 e. The smallest absolute Gasteiger partial charge is 0.246 e. The van der Waals surface area contributed by atoms with Crippen LogP contribution in [0.5, 0.6) is 0 Å². The number of likely N-dealkylation sites (tertiary alicyclic amines) is 1. The molecule has 0 radical (unpaired) electrons. The van der Waals surface area contributed by atoms with Crippen LogP contribution >= 0.6 is 0 Å². The SMILES string of the molecule is O=C(/C=C/c1cnc[nH]1)N1CC[C@@H](N2CCN(CCc3ccccc3)CC2)[C@H](O)C1. The van der Waals surface area contributed by atoms with Crippen molar-refractivity contribution in [3.05, 3.63) is 60.2 Å². The van der Waals surface area contributed by atoms with E-state index in [0.717, 1.165) is 51.3 Å². The average Bonchev–Trinajstić information content (AvgIpc) is 3.31. The van der Waals surface area contributed by atoms with Crippen molar-refractivity contribution in [1.82, 2.24) is 24.7 Å². The van der Waals surface area contributed by atoms with E-state index in [4.69, 9.17) is 0 Å². The van der Waals surface area contributed by atoms with Gasteiger partial charge in [0.25, 0.3) is 0 Å². The Balaban J connectivity index is 1.21. The topological polar surface area (TPSA) is 75.7 Å². The molecule has 4 rings (SSSR count). The molecule has 0 bridgehead atoms. The Morgan fingerprint density at radius 2 is 1.97 bits per heavy atom. The molecule has 2 aromatic rings. The van der Waals surface area contributed by atoms with Gasteiger partial charge < -0.3 is 19.9 Å². The van der Waals surface area contributed by atoms with Crippen molar-refractivity contribution >= 4 is 12.0 Å². The number of piperazine rings is 1. The number of carbonyl (C=O) groups excluding carboxylic acids is 1. The van der Waals surface area contributed by atoms with Gasteiger partial charge in [0.05, 0.1) is 24.3 Å². The molecule has 2 aliphatic heterocycles. The van der Waals surface area contributed by atoms with Crippen molar-refractivity contribution in [3.63, 3.8) is 0 Å². The van der Waals surface area contributed by atoms with E-state index in [-0.39, 0.29) is 11.9 Å². The lowest BCUT2D eigenvalue weighted by molar-refractivity contribution is -0.131. The van der Waals surface area contributed by atoms with Gasteiger partial charge in [0.1, 0.15) is 0 Å². The number of imidazole rings is 1. The van der Waals surface area contributed by atoms with Crippen molar-refractivity contribution in [1.29, 1.82) is 0 Å². The number of nitrogens with one attached hydrogen (secondary N) is 1. The number of hydrogen-bond donors (Lipinski definition) is 2. The zero-order chi connectivity index (χ0) is 20.8. The summed E-state index contributed by atoms with van der Waals surface area (Å²) in [6.45, 7) is 6.18. The number of rotatable bonds is 6. The van der Waals surface area contributed by atoms with E-state index >= 15 is 0 Å². The van der Waals surface area contributed by atoms with Gasteiger partial charge >= 0.3 is 0 Å². The zero-order valence-corrected chi connectivity index (χ0v) is 17.4. The summed E-state index contributed by atoms with van der Waals surface area (Å²) in [7, 11) is 0. The molecule has 2 aliphatic rings. The maximum atomic E-state index is 12.4. The Morgan fingerprint density at radius 3 is 2.67 bits per heavy atom. The van der Waals surface area contributed by atoms with Crippen LogP contribution in [0, 0.1) is 0 Å². The highest BCUT2D eigenvalue weighted by Gasteiger charge is 2.34. The first-order valence-electron chi connectivity index (χ1n) is 10.8. The van der Waals surface area contributed by atoms with E-state index in [1.165, 1.54) is 5.56 Å². The van der Waals surface area contributed by atoms with Crippen LogP contribution in [0.1, 0.15) is 17.7 Å². The minimum atomic E-state index is -0.501. The van der Waals surface area contributed by atoms with Crippen molar-refractivity contribution in [2.24, 2.45) is 0 Å². The summed E-state index contributed by atoms with van der Waals surface area (Å²) in [6.07, 6.45) is 7.92. The van der Waals surface area contributed by atoms with Crippen molar-refractivity contribution < 1.29 is 9.90 Å². The third-order valence-electron chi connectivity index (χ3n) is 6.22. The van der Waals surface area contributed by atoms with Crippen LogP contribution in [0.2, 0.25) is 0 Å². The molecular weight excluding hydrogens is 378 g/mol. The van der Waals surface area contributed by atoms with Gasteiger partial charge in [-0.05, 0) is 24.5 Å². The first-order valence-corrected chi connectivity index (χ1v) is 10.8. The molecule has 2 saturated heterocycles. The van der Waals surface area contributed by atoms with Crippen LogP contribution in [0.25, 0.3) is 6.08 Å². The molecule has 1 aromatic heterocycles. The zero-order valence-electron chi connectivity index (χ0n) is 17.4. The largest absolute Gasteiger partial charge is 0.390 e. The number of hydrogen-bond acceptors (Lipinski definition) is 5. The summed E-state index contributed by atoms with van der Waals surface area (Å²) >= 11 is 0. The Labute approximate surface area is 178 Å². The Hall–Kier alpha value is -2.48. The van der Waals surface area contributed by atoms with Gasteiger partial charge in [-0.3, -0.25) is 9.69 Å². The van der Waals surface area contributed by atoms with Crippen LogP contribution in [0.15, 0.2) is 48.9 Å². The summed E-state index contributed by atoms with van der Waals surface area (Å²) in [4.78, 5) is 26.0. The molecule has 0 unspecified atom stereocenters. The maximum Gasteiger partial charge on any atom is 0.246 e. The van der Waals surface area contributed by atoms with Crippen molar-refractivity contribution in [2.45, 2.75) is 25.0 Å². The lowest BCUT2D eigenvalue weighted by Crippen LogP contribution is -2.59. The van der Waals surface area contributed by atoms with Gasteiger partial charge in [0.15, 0.2) is 0 Å². The third-order valence-corrected chi connectivity index (χ3v) is 6.22. The summed E-state index contributed by atoms with van der Waals surface area (Å²) in [5.74, 6) is -0.0622. The van der Waals surface area contributed by atoms with Gasteiger partial charge in [0.2, 0.25) is 5.91 Å². The van der Waals surface area contributed by atoms with Crippen LogP contribution in [-0.4, -0.2) is 93.6 Å². The molecule has 0 saturated carbocycles.